The smallest absolute Gasteiger partial charge is 0.359 e. The number of carbonyl (C=O) groups excluding carboxylic acids is 1. The van der Waals surface area contributed by atoms with Crippen LogP contribution in [0.4, 0.5) is 5.82 Å². The van der Waals surface area contributed by atoms with Crippen molar-refractivity contribution < 1.29 is 19.6 Å². The van der Waals surface area contributed by atoms with Crippen molar-refractivity contribution in [3.63, 3.8) is 0 Å². The molecule has 1 aliphatic rings. The molecule has 0 bridgehead atoms. The number of fused-ring (bicyclic) bond motifs is 1. The lowest BCUT2D eigenvalue weighted by atomic mass is 10.1. The summed E-state index contributed by atoms with van der Waals surface area (Å²) in [5, 5.41) is 22.5. The predicted octanol–water partition coefficient (Wildman–Crippen LogP) is 3.72. The highest BCUT2D eigenvalue weighted by Crippen LogP contribution is 2.26. The van der Waals surface area contributed by atoms with Crippen molar-refractivity contribution in [2.45, 2.75) is 18.9 Å². The van der Waals surface area contributed by atoms with Crippen molar-refractivity contribution in [2.24, 2.45) is 0 Å². The fourth-order valence-electron chi connectivity index (χ4n) is 3.96. The summed E-state index contributed by atoms with van der Waals surface area (Å²) in [5.41, 5.74) is 4.32. The number of hydrogen-bond donors (Lipinski definition) is 3. The maximum absolute atomic E-state index is 13.3. The first kappa shape index (κ1) is 19.8. The molecular formula is C26H22N3O3+. The number of nitrogens with zero attached hydrogens (tertiary/aromatic N) is 2. The van der Waals surface area contributed by atoms with Gasteiger partial charge in [-0.3, -0.25) is 5.32 Å². The number of anilines is 1. The minimum atomic E-state index is -0.425. The van der Waals surface area contributed by atoms with Gasteiger partial charge in [-0.25, -0.2) is 9.78 Å². The highest BCUT2D eigenvalue weighted by molar-refractivity contribution is 5.82. The average Bonchev–Trinajstić information content (AvgIpc) is 3.12. The van der Waals surface area contributed by atoms with Crippen molar-refractivity contribution in [1.82, 2.24) is 4.98 Å². The molecule has 1 atom stereocenters. The number of hydrogen-bond acceptors (Lipinski definition) is 5. The molecule has 6 heteroatoms. The van der Waals surface area contributed by atoms with E-state index in [0.717, 1.165) is 22.4 Å². The number of aromatic nitrogens is 2. The molecule has 1 aromatic heterocycles. The van der Waals surface area contributed by atoms with Crippen molar-refractivity contribution in [3.05, 3.63) is 102 Å². The monoisotopic (exact) mass is 424 g/mol. The van der Waals surface area contributed by atoms with Gasteiger partial charge in [0.05, 0.1) is 0 Å². The van der Waals surface area contributed by atoms with Gasteiger partial charge in [0.2, 0.25) is 0 Å². The molecule has 1 unspecified atom stereocenters. The van der Waals surface area contributed by atoms with Gasteiger partial charge in [-0.15, -0.1) is 0 Å². The first-order chi connectivity index (χ1) is 15.6. The second kappa shape index (κ2) is 8.15. The van der Waals surface area contributed by atoms with E-state index in [4.69, 9.17) is 4.98 Å². The van der Waals surface area contributed by atoms with Gasteiger partial charge in [0.15, 0.2) is 6.04 Å². The van der Waals surface area contributed by atoms with Crippen LogP contribution < -0.4 is 9.88 Å². The van der Waals surface area contributed by atoms with Crippen LogP contribution >= 0.6 is 0 Å². The molecule has 3 N–H and O–H groups in total. The quantitative estimate of drug-likeness (QED) is 0.425. The molecule has 158 valence electrons. The Hall–Kier alpha value is -4.19. The van der Waals surface area contributed by atoms with Crippen LogP contribution in [0.15, 0.2) is 85.1 Å². The largest absolute Gasteiger partial charge is 0.508 e. The summed E-state index contributed by atoms with van der Waals surface area (Å²) >= 11 is 0. The first-order valence-electron chi connectivity index (χ1n) is 10.4. The number of benzene rings is 3. The molecule has 0 aliphatic carbocycles. The number of nitrogens with one attached hydrogen (secondary N) is 1. The zero-order valence-electron chi connectivity index (χ0n) is 17.3. The maximum atomic E-state index is 13.3. The number of carbonyl (C=O) groups is 1. The van der Waals surface area contributed by atoms with Gasteiger partial charge in [0, 0.05) is 18.4 Å². The van der Waals surface area contributed by atoms with Crippen LogP contribution in [0.3, 0.4) is 0 Å². The van der Waals surface area contributed by atoms with Gasteiger partial charge in [0.1, 0.15) is 29.1 Å². The van der Waals surface area contributed by atoms with E-state index in [1.54, 1.807) is 47.2 Å². The average molecular weight is 424 g/mol. The van der Waals surface area contributed by atoms with Crippen molar-refractivity contribution in [2.75, 3.05) is 5.32 Å². The Morgan fingerprint density at radius 2 is 1.50 bits per heavy atom. The number of aromatic hydroxyl groups is 2. The third kappa shape index (κ3) is 3.90. The van der Waals surface area contributed by atoms with Gasteiger partial charge in [-0.1, -0.05) is 42.5 Å². The summed E-state index contributed by atoms with van der Waals surface area (Å²) in [5.74, 6) is 1.03. The van der Waals surface area contributed by atoms with Gasteiger partial charge < -0.3 is 10.2 Å². The second-order valence-electron chi connectivity index (χ2n) is 7.91. The van der Waals surface area contributed by atoms with Crippen molar-refractivity contribution in [3.8, 4) is 22.8 Å². The molecule has 5 rings (SSSR count). The van der Waals surface area contributed by atoms with E-state index in [2.05, 4.69) is 5.32 Å². The van der Waals surface area contributed by atoms with E-state index in [1.807, 2.05) is 42.5 Å². The van der Waals surface area contributed by atoms with E-state index >= 15 is 0 Å². The molecule has 1 aliphatic heterocycles. The lowest BCUT2D eigenvalue weighted by Gasteiger charge is -2.07. The summed E-state index contributed by atoms with van der Waals surface area (Å²) < 4.78 is 1.65. The molecule has 2 heterocycles. The fourth-order valence-corrected chi connectivity index (χ4v) is 3.96. The Morgan fingerprint density at radius 3 is 2.19 bits per heavy atom. The van der Waals surface area contributed by atoms with E-state index in [-0.39, 0.29) is 17.4 Å². The van der Waals surface area contributed by atoms with Gasteiger partial charge in [0.25, 0.3) is 0 Å². The lowest BCUT2D eigenvalue weighted by Crippen LogP contribution is -2.44. The van der Waals surface area contributed by atoms with Crippen LogP contribution in [0, 0.1) is 0 Å². The van der Waals surface area contributed by atoms with E-state index in [1.165, 1.54) is 0 Å². The summed E-state index contributed by atoms with van der Waals surface area (Å²) in [4.78, 5) is 18.2. The molecule has 0 amide bonds. The molecule has 3 aromatic carbocycles. The summed E-state index contributed by atoms with van der Waals surface area (Å²) in [7, 11) is 0. The summed E-state index contributed by atoms with van der Waals surface area (Å²) in [6, 6.07) is 23.3. The van der Waals surface area contributed by atoms with Gasteiger partial charge in [-0.2, -0.15) is 4.57 Å². The third-order valence-corrected chi connectivity index (χ3v) is 5.62. The molecule has 32 heavy (non-hydrogen) atoms. The van der Waals surface area contributed by atoms with Crippen molar-refractivity contribution in [1.29, 1.82) is 0 Å². The lowest BCUT2D eigenvalue weighted by molar-refractivity contribution is -0.552. The second-order valence-corrected chi connectivity index (χ2v) is 7.91. The Kier molecular flexibility index (Phi) is 5.03. The summed E-state index contributed by atoms with van der Waals surface area (Å²) in [6.45, 7) is 0. The molecule has 4 aromatic rings. The Morgan fingerprint density at radius 1 is 0.844 bits per heavy atom. The highest BCUT2D eigenvalue weighted by atomic mass is 16.3. The third-order valence-electron chi connectivity index (χ3n) is 5.62. The normalized spacial score (nSPS) is 14.8. The Labute approximate surface area is 185 Å². The standard InChI is InChI=1S/C26H21N3O3/c30-20-10-6-18(7-11-20)15-23-26(32)29-16-24(19-8-12-21(31)13-9-19)27-22(25(29)28-23)14-17-4-2-1-3-5-17/h1-13,16,23,30-31H,14-15H2/p+1. The molecule has 6 nitrogen and oxygen atoms in total. The molecule has 0 saturated carbocycles. The molecular weight excluding hydrogens is 402 g/mol. The van der Waals surface area contributed by atoms with Crippen LogP contribution in [0.1, 0.15) is 21.6 Å². The first-order valence-corrected chi connectivity index (χ1v) is 10.4. The number of phenolic OH excluding ortho intramolecular Hbond substituents is 2. The maximum Gasteiger partial charge on any atom is 0.359 e. The highest BCUT2D eigenvalue weighted by Gasteiger charge is 2.41. The van der Waals surface area contributed by atoms with E-state index in [9.17, 15) is 15.0 Å². The van der Waals surface area contributed by atoms with Crippen molar-refractivity contribution >= 4 is 11.7 Å². The van der Waals surface area contributed by atoms with E-state index in [0.29, 0.717) is 24.4 Å². The summed E-state index contributed by atoms with van der Waals surface area (Å²) in [6.07, 6.45) is 2.83. The van der Waals surface area contributed by atoms with Crippen LogP contribution in [-0.2, 0) is 12.8 Å². The minimum Gasteiger partial charge on any atom is -0.508 e. The molecule has 0 fully saturated rings. The Bertz CT molecular complexity index is 1270. The van der Waals surface area contributed by atoms with Crippen LogP contribution in [-0.4, -0.2) is 27.1 Å². The van der Waals surface area contributed by atoms with Gasteiger partial charge in [-0.05, 0) is 47.5 Å². The van der Waals surface area contributed by atoms with E-state index < -0.39 is 6.04 Å². The number of rotatable bonds is 5. The number of phenols is 2. The van der Waals surface area contributed by atoms with Crippen LogP contribution in [0.5, 0.6) is 11.5 Å². The topological polar surface area (TPSA) is 86.3 Å². The molecule has 0 radical (unpaired) electrons. The predicted molar refractivity (Wildman–Crippen MR) is 121 cm³/mol. The zero-order valence-corrected chi connectivity index (χ0v) is 17.3. The van der Waals surface area contributed by atoms with Crippen LogP contribution in [0.2, 0.25) is 0 Å². The van der Waals surface area contributed by atoms with Crippen LogP contribution in [0.25, 0.3) is 11.3 Å². The SMILES string of the molecule is O=C1C(Cc2ccc(O)cc2)Nc2c(Cc3ccccc3)nc(-c3ccc(O)cc3)c[n+]21. The minimum absolute atomic E-state index is 0.0511. The molecule has 0 spiro atoms. The molecule has 0 saturated heterocycles. The zero-order chi connectivity index (χ0) is 22.1. The fraction of sp³-hybridized carbons (Fsp3) is 0.115. The Balaban J connectivity index is 1.53. The van der Waals surface area contributed by atoms with Gasteiger partial charge >= 0.3 is 11.7 Å².